The van der Waals surface area contributed by atoms with Crippen molar-refractivity contribution in [1.82, 2.24) is 9.55 Å². The van der Waals surface area contributed by atoms with Gasteiger partial charge in [0.05, 0.1) is 6.10 Å². The number of hydrogen-bond acceptors (Lipinski definition) is 5. The largest absolute Gasteiger partial charge is 0.385 e. The number of aromatic amines is 1. The Morgan fingerprint density at radius 1 is 1.00 bits per heavy atom. The zero-order valence-corrected chi connectivity index (χ0v) is 20.9. The van der Waals surface area contributed by atoms with Gasteiger partial charge in [0.2, 0.25) is 0 Å². The van der Waals surface area contributed by atoms with E-state index in [1.807, 2.05) is 36.4 Å². The van der Waals surface area contributed by atoms with Crippen LogP contribution in [0.25, 0.3) is 0 Å². The first-order valence-electron chi connectivity index (χ1n) is 11.5. The molecule has 34 heavy (non-hydrogen) atoms. The van der Waals surface area contributed by atoms with Crippen molar-refractivity contribution in [2.45, 2.75) is 62.8 Å². The molecule has 4 rings (SSSR count). The predicted octanol–water partition coefficient (Wildman–Crippen LogP) is 1.61. The number of nitrogens with one attached hydrogen (secondary N) is 1. The number of H-pyrrole nitrogens is 1. The predicted molar refractivity (Wildman–Crippen MR) is 134 cm³/mol. The van der Waals surface area contributed by atoms with Crippen LogP contribution < -0.4 is 21.6 Å². The van der Waals surface area contributed by atoms with Gasteiger partial charge in [-0.3, -0.25) is 14.3 Å². The molecule has 1 aliphatic heterocycles. The second-order valence-corrected chi connectivity index (χ2v) is 15.2. The Morgan fingerprint density at radius 3 is 2.00 bits per heavy atom. The second kappa shape index (κ2) is 8.78. The Labute approximate surface area is 199 Å². The van der Waals surface area contributed by atoms with Crippen molar-refractivity contribution in [2.75, 3.05) is 0 Å². The smallest absolute Gasteiger partial charge is 0.330 e. The van der Waals surface area contributed by atoms with Gasteiger partial charge < -0.3 is 14.9 Å². The van der Waals surface area contributed by atoms with Gasteiger partial charge in [0.25, 0.3) is 5.56 Å². The summed E-state index contributed by atoms with van der Waals surface area (Å²) < 4.78 is 7.40. The molecule has 4 atom stereocenters. The molecule has 1 saturated heterocycles. The minimum Gasteiger partial charge on any atom is -0.385 e. The number of aliphatic hydroxyl groups excluding tert-OH is 1. The molecule has 2 aromatic carbocycles. The van der Waals surface area contributed by atoms with Crippen LogP contribution in [-0.4, -0.2) is 45.6 Å². The van der Waals surface area contributed by atoms with Crippen molar-refractivity contribution in [1.29, 1.82) is 0 Å². The van der Waals surface area contributed by atoms with Crippen molar-refractivity contribution in [3.63, 3.8) is 0 Å². The number of hydrogen-bond donors (Lipinski definition) is 3. The lowest BCUT2D eigenvalue weighted by atomic mass is 9.95. The summed E-state index contributed by atoms with van der Waals surface area (Å²) >= 11 is 0. The van der Waals surface area contributed by atoms with E-state index in [9.17, 15) is 19.8 Å². The van der Waals surface area contributed by atoms with Crippen LogP contribution in [0.15, 0.2) is 82.5 Å². The molecule has 8 heteroatoms. The van der Waals surface area contributed by atoms with E-state index in [1.165, 1.54) is 22.6 Å². The number of aliphatic hydroxyl groups is 2. The maximum atomic E-state index is 12.4. The van der Waals surface area contributed by atoms with E-state index in [0.29, 0.717) is 6.04 Å². The molecule has 1 unspecified atom stereocenters. The molecule has 0 aliphatic carbocycles. The Morgan fingerprint density at radius 2 is 1.53 bits per heavy atom. The Hall–Kier alpha value is -2.78. The van der Waals surface area contributed by atoms with Crippen LogP contribution in [-0.2, 0) is 4.74 Å². The number of aromatic nitrogens is 2. The summed E-state index contributed by atoms with van der Waals surface area (Å²) in [5, 5.41) is 24.8. The van der Waals surface area contributed by atoms with Gasteiger partial charge in [0.1, 0.15) is 19.8 Å². The quantitative estimate of drug-likeness (QED) is 0.482. The molecule has 0 amide bonds. The number of ether oxygens (including phenoxy) is 1. The molecule has 1 aliphatic rings. The van der Waals surface area contributed by atoms with Crippen LogP contribution in [0.3, 0.4) is 0 Å². The number of benzene rings is 2. The van der Waals surface area contributed by atoms with E-state index in [2.05, 4.69) is 50.0 Å². The Bertz CT molecular complexity index is 1210. The normalized spacial score (nSPS) is 25.4. The maximum Gasteiger partial charge on any atom is 0.330 e. The molecule has 2 heterocycles. The third-order valence-electron chi connectivity index (χ3n) is 7.25. The summed E-state index contributed by atoms with van der Waals surface area (Å²) in [6.45, 7) is 8.19. The standard InChI is InChI=1S/C26H32N2O5Si/c1-25(2,3)34(18-11-7-5-8-12-18,19-13-9-6-10-14-19)17-20-26(4,32)22(30)23(33-20)28-16-15-21(29)27-24(28)31/h5-16,20,22-23,30,32H,17H2,1-4H3,(H,27,29,31)/t20-,22?,23-,26-/m1/s1. The molecule has 1 fully saturated rings. The molecule has 1 aromatic heterocycles. The summed E-state index contributed by atoms with van der Waals surface area (Å²) in [6.07, 6.45) is -1.95. The number of nitrogens with zero attached hydrogens (tertiary/aromatic N) is 1. The van der Waals surface area contributed by atoms with E-state index >= 15 is 0 Å². The Balaban J connectivity index is 1.85. The van der Waals surface area contributed by atoms with E-state index in [-0.39, 0.29) is 5.04 Å². The summed E-state index contributed by atoms with van der Waals surface area (Å²) in [5.74, 6) is 0. The molecule has 3 N–H and O–H groups in total. The highest BCUT2D eigenvalue weighted by Gasteiger charge is 2.58. The fourth-order valence-electron chi connectivity index (χ4n) is 5.26. The van der Waals surface area contributed by atoms with Crippen molar-refractivity contribution < 1.29 is 14.9 Å². The van der Waals surface area contributed by atoms with Crippen molar-refractivity contribution >= 4 is 18.4 Å². The topological polar surface area (TPSA) is 105 Å². The van der Waals surface area contributed by atoms with Crippen LogP contribution >= 0.6 is 0 Å². The van der Waals surface area contributed by atoms with Crippen molar-refractivity contribution in [2.24, 2.45) is 0 Å². The lowest BCUT2D eigenvalue weighted by Crippen LogP contribution is -2.66. The maximum absolute atomic E-state index is 12.4. The minimum absolute atomic E-state index is 0.174. The molecule has 0 bridgehead atoms. The van der Waals surface area contributed by atoms with Crippen LogP contribution in [0.2, 0.25) is 11.1 Å². The first-order valence-corrected chi connectivity index (χ1v) is 13.7. The molecular weight excluding hydrogens is 448 g/mol. The van der Waals surface area contributed by atoms with Gasteiger partial charge in [0.15, 0.2) is 6.23 Å². The fraction of sp³-hybridized carbons (Fsp3) is 0.385. The SMILES string of the molecule is CC(C)(C)[Si](C[C@H]1O[C@@H](n2ccc(=O)[nH]c2=O)C(O)[C@]1(C)O)(c1ccccc1)c1ccccc1. The van der Waals surface area contributed by atoms with Crippen LogP contribution in [0.1, 0.15) is 33.9 Å². The van der Waals surface area contributed by atoms with E-state index in [1.54, 1.807) is 6.92 Å². The minimum atomic E-state index is -2.63. The van der Waals surface area contributed by atoms with Crippen molar-refractivity contribution in [3.8, 4) is 0 Å². The van der Waals surface area contributed by atoms with Crippen LogP contribution in [0, 0.1) is 0 Å². The lowest BCUT2D eigenvalue weighted by Gasteiger charge is -2.46. The lowest BCUT2D eigenvalue weighted by molar-refractivity contribution is -0.0585. The van der Waals surface area contributed by atoms with Crippen molar-refractivity contribution in [3.05, 3.63) is 93.8 Å². The van der Waals surface area contributed by atoms with Gasteiger partial charge in [-0.15, -0.1) is 0 Å². The third-order valence-corrected chi connectivity index (χ3v) is 13.4. The molecule has 180 valence electrons. The monoisotopic (exact) mass is 480 g/mol. The second-order valence-electron chi connectivity index (χ2n) is 10.3. The highest BCUT2D eigenvalue weighted by molar-refractivity contribution is 7.04. The molecule has 0 radical (unpaired) electrons. The zero-order chi connectivity index (χ0) is 24.7. The zero-order valence-electron chi connectivity index (χ0n) is 19.9. The van der Waals surface area contributed by atoms with Crippen LogP contribution in [0.5, 0.6) is 0 Å². The van der Waals surface area contributed by atoms with E-state index in [0.717, 1.165) is 4.57 Å². The van der Waals surface area contributed by atoms with Gasteiger partial charge >= 0.3 is 5.69 Å². The van der Waals surface area contributed by atoms with Gasteiger partial charge in [0, 0.05) is 12.3 Å². The summed E-state index contributed by atoms with van der Waals surface area (Å²) in [4.78, 5) is 26.1. The summed E-state index contributed by atoms with van der Waals surface area (Å²) in [5.41, 5.74) is -2.85. The first-order chi connectivity index (χ1) is 16.0. The fourth-order valence-corrected chi connectivity index (χ4v) is 11.0. The molecule has 7 nitrogen and oxygen atoms in total. The van der Waals surface area contributed by atoms with Gasteiger partial charge in [-0.25, -0.2) is 4.79 Å². The van der Waals surface area contributed by atoms with Gasteiger partial charge in [-0.1, -0.05) is 91.8 Å². The number of rotatable bonds is 5. The third kappa shape index (κ3) is 4.00. The molecule has 0 spiro atoms. The van der Waals surface area contributed by atoms with Gasteiger partial charge in [-0.05, 0) is 18.0 Å². The Kier molecular flexibility index (Phi) is 6.28. The highest BCUT2D eigenvalue weighted by atomic mass is 28.3. The average Bonchev–Trinajstić information content (AvgIpc) is 3.01. The molecule has 0 saturated carbocycles. The average molecular weight is 481 g/mol. The molecule has 3 aromatic rings. The van der Waals surface area contributed by atoms with E-state index < -0.39 is 43.4 Å². The summed E-state index contributed by atoms with van der Waals surface area (Å²) in [7, 11) is -2.63. The first kappa shape index (κ1) is 24.3. The summed E-state index contributed by atoms with van der Waals surface area (Å²) in [6, 6.07) is 22.3. The van der Waals surface area contributed by atoms with E-state index in [4.69, 9.17) is 4.74 Å². The molecular formula is C26H32N2O5Si. The van der Waals surface area contributed by atoms with Gasteiger partial charge in [-0.2, -0.15) is 0 Å². The van der Waals surface area contributed by atoms with Crippen LogP contribution in [0.4, 0.5) is 0 Å². The highest BCUT2D eigenvalue weighted by Crippen LogP contribution is 2.45.